The summed E-state index contributed by atoms with van der Waals surface area (Å²) in [6, 6.07) is 1.89. The van der Waals surface area contributed by atoms with E-state index in [9.17, 15) is 4.79 Å². The zero-order chi connectivity index (χ0) is 11.1. The lowest BCUT2D eigenvalue weighted by molar-refractivity contribution is -0.121. The van der Waals surface area contributed by atoms with Gasteiger partial charge in [0.2, 0.25) is 5.91 Å². The van der Waals surface area contributed by atoms with Crippen molar-refractivity contribution in [2.24, 2.45) is 12.8 Å². The van der Waals surface area contributed by atoms with Crippen molar-refractivity contribution in [1.82, 2.24) is 15.1 Å². The van der Waals surface area contributed by atoms with Gasteiger partial charge in [0, 0.05) is 19.7 Å². The number of aryl methyl sites for hydroxylation is 1. The number of carbonyl (C=O) groups excluding carboxylic acids is 1. The minimum Gasteiger partial charge on any atom is -0.350 e. The van der Waals surface area contributed by atoms with E-state index in [1.165, 1.54) is 0 Å². The molecule has 0 unspecified atom stereocenters. The van der Waals surface area contributed by atoms with Crippen molar-refractivity contribution >= 4 is 5.91 Å². The normalized spacial score (nSPS) is 10.3. The molecule has 0 aliphatic carbocycles. The second-order valence-corrected chi connectivity index (χ2v) is 3.50. The predicted molar refractivity (Wildman–Crippen MR) is 58.0 cm³/mol. The van der Waals surface area contributed by atoms with Crippen LogP contribution >= 0.6 is 0 Å². The Labute approximate surface area is 89.6 Å². The minimum atomic E-state index is 0.0640. The molecule has 0 saturated carbocycles. The predicted octanol–water partition coefficient (Wildman–Crippen LogP) is 0.165. The molecule has 0 spiro atoms. The van der Waals surface area contributed by atoms with Crippen LogP contribution in [0.25, 0.3) is 0 Å². The summed E-state index contributed by atoms with van der Waals surface area (Å²) in [5.41, 5.74) is 6.22. The van der Waals surface area contributed by atoms with Crippen LogP contribution in [0, 0.1) is 0 Å². The molecule has 3 N–H and O–H groups in total. The number of hydrogen-bond donors (Lipinski definition) is 2. The SMILES string of the molecule is Cn1ccc(CNC(=O)CCCCN)n1. The topological polar surface area (TPSA) is 72.9 Å². The number of carbonyl (C=O) groups is 1. The maximum absolute atomic E-state index is 11.3. The van der Waals surface area contributed by atoms with Gasteiger partial charge >= 0.3 is 0 Å². The average molecular weight is 210 g/mol. The Morgan fingerprint density at radius 2 is 2.40 bits per heavy atom. The smallest absolute Gasteiger partial charge is 0.220 e. The van der Waals surface area contributed by atoms with Crippen molar-refractivity contribution in [1.29, 1.82) is 0 Å². The van der Waals surface area contributed by atoms with Crippen molar-refractivity contribution < 1.29 is 4.79 Å². The number of unbranched alkanes of at least 4 members (excludes halogenated alkanes) is 1. The Bertz CT molecular complexity index is 308. The molecule has 0 saturated heterocycles. The van der Waals surface area contributed by atoms with E-state index in [-0.39, 0.29) is 5.91 Å². The highest BCUT2D eigenvalue weighted by Gasteiger charge is 2.02. The molecule has 84 valence electrons. The number of nitrogens with two attached hydrogens (primary N) is 1. The molecule has 1 heterocycles. The first-order valence-electron chi connectivity index (χ1n) is 5.17. The van der Waals surface area contributed by atoms with Crippen LogP contribution in [-0.4, -0.2) is 22.2 Å². The van der Waals surface area contributed by atoms with Crippen LogP contribution in [0.3, 0.4) is 0 Å². The molecule has 0 aromatic carbocycles. The van der Waals surface area contributed by atoms with Gasteiger partial charge in [-0.1, -0.05) is 0 Å². The maximum Gasteiger partial charge on any atom is 0.220 e. The summed E-state index contributed by atoms with van der Waals surface area (Å²) in [7, 11) is 1.85. The summed E-state index contributed by atoms with van der Waals surface area (Å²) >= 11 is 0. The summed E-state index contributed by atoms with van der Waals surface area (Å²) in [6.45, 7) is 1.15. The zero-order valence-corrected chi connectivity index (χ0v) is 9.07. The lowest BCUT2D eigenvalue weighted by Crippen LogP contribution is -2.22. The number of aromatic nitrogens is 2. The third-order valence-electron chi connectivity index (χ3n) is 2.09. The van der Waals surface area contributed by atoms with Crippen LogP contribution in [0.4, 0.5) is 0 Å². The van der Waals surface area contributed by atoms with E-state index in [4.69, 9.17) is 5.73 Å². The van der Waals surface area contributed by atoms with E-state index in [0.29, 0.717) is 19.5 Å². The summed E-state index contributed by atoms with van der Waals surface area (Å²) in [5.74, 6) is 0.0640. The lowest BCUT2D eigenvalue weighted by Gasteiger charge is -2.02. The van der Waals surface area contributed by atoms with Gasteiger partial charge in [-0.25, -0.2) is 0 Å². The van der Waals surface area contributed by atoms with E-state index in [1.54, 1.807) is 4.68 Å². The van der Waals surface area contributed by atoms with Crippen LogP contribution in [0.1, 0.15) is 25.0 Å². The summed E-state index contributed by atoms with van der Waals surface area (Å²) in [4.78, 5) is 11.3. The minimum absolute atomic E-state index is 0.0640. The molecule has 5 heteroatoms. The lowest BCUT2D eigenvalue weighted by atomic mass is 10.2. The van der Waals surface area contributed by atoms with Crippen molar-refractivity contribution in [3.05, 3.63) is 18.0 Å². The fourth-order valence-electron chi connectivity index (χ4n) is 1.26. The summed E-state index contributed by atoms with van der Waals surface area (Å²) in [6.07, 6.45) is 4.15. The van der Waals surface area contributed by atoms with Gasteiger partial charge in [0.15, 0.2) is 0 Å². The molecule has 1 aromatic heterocycles. The van der Waals surface area contributed by atoms with Crippen molar-refractivity contribution in [3.63, 3.8) is 0 Å². The van der Waals surface area contributed by atoms with Crippen LogP contribution in [0.2, 0.25) is 0 Å². The standard InChI is InChI=1S/C10H18N4O/c1-14-7-5-9(13-14)8-12-10(15)4-2-3-6-11/h5,7H,2-4,6,8,11H2,1H3,(H,12,15). The summed E-state index contributed by atoms with van der Waals surface area (Å²) < 4.78 is 1.72. The fourth-order valence-corrected chi connectivity index (χ4v) is 1.26. The third kappa shape index (κ3) is 4.60. The second-order valence-electron chi connectivity index (χ2n) is 3.50. The van der Waals surface area contributed by atoms with Gasteiger partial charge in [0.05, 0.1) is 12.2 Å². The van der Waals surface area contributed by atoms with Gasteiger partial charge in [-0.2, -0.15) is 5.10 Å². The molecule has 0 bridgehead atoms. The maximum atomic E-state index is 11.3. The van der Waals surface area contributed by atoms with Gasteiger partial charge in [-0.15, -0.1) is 0 Å². The highest BCUT2D eigenvalue weighted by Crippen LogP contribution is 1.96. The molecule has 1 aromatic rings. The average Bonchev–Trinajstić information content (AvgIpc) is 2.62. The van der Waals surface area contributed by atoms with Crippen LogP contribution in [0.15, 0.2) is 12.3 Å². The molecule has 5 nitrogen and oxygen atoms in total. The van der Waals surface area contributed by atoms with Gasteiger partial charge in [0.1, 0.15) is 0 Å². The Hall–Kier alpha value is -1.36. The Morgan fingerprint density at radius 3 is 3.00 bits per heavy atom. The largest absolute Gasteiger partial charge is 0.350 e. The molecular weight excluding hydrogens is 192 g/mol. The first kappa shape index (κ1) is 11.7. The molecule has 0 atom stereocenters. The first-order valence-corrected chi connectivity index (χ1v) is 5.17. The van der Waals surface area contributed by atoms with E-state index in [0.717, 1.165) is 18.5 Å². The molecule has 1 rings (SSSR count). The molecule has 0 fully saturated rings. The Balaban J connectivity index is 2.16. The van der Waals surface area contributed by atoms with Gasteiger partial charge in [0.25, 0.3) is 0 Å². The molecule has 0 radical (unpaired) electrons. The second kappa shape index (κ2) is 6.19. The fraction of sp³-hybridized carbons (Fsp3) is 0.600. The molecule has 0 aliphatic rings. The van der Waals surface area contributed by atoms with Crippen LogP contribution in [0.5, 0.6) is 0 Å². The Kier molecular flexibility index (Phi) is 4.83. The van der Waals surface area contributed by atoms with E-state index in [1.807, 2.05) is 19.3 Å². The first-order chi connectivity index (χ1) is 7.22. The van der Waals surface area contributed by atoms with Crippen molar-refractivity contribution in [3.8, 4) is 0 Å². The van der Waals surface area contributed by atoms with Crippen LogP contribution < -0.4 is 11.1 Å². The van der Waals surface area contributed by atoms with E-state index < -0.39 is 0 Å². The number of nitrogens with zero attached hydrogens (tertiary/aromatic N) is 2. The number of amides is 1. The third-order valence-corrected chi connectivity index (χ3v) is 2.09. The summed E-state index contributed by atoms with van der Waals surface area (Å²) in [5, 5.41) is 6.98. The van der Waals surface area contributed by atoms with Crippen LogP contribution in [-0.2, 0) is 18.4 Å². The quantitative estimate of drug-likeness (QED) is 0.657. The van der Waals surface area contributed by atoms with Crippen molar-refractivity contribution in [2.45, 2.75) is 25.8 Å². The molecule has 1 amide bonds. The van der Waals surface area contributed by atoms with Gasteiger partial charge in [-0.3, -0.25) is 9.48 Å². The monoisotopic (exact) mass is 210 g/mol. The van der Waals surface area contributed by atoms with Crippen molar-refractivity contribution in [2.75, 3.05) is 6.54 Å². The molecular formula is C10H18N4O. The number of rotatable bonds is 6. The Morgan fingerprint density at radius 1 is 1.60 bits per heavy atom. The van der Waals surface area contributed by atoms with E-state index in [2.05, 4.69) is 10.4 Å². The van der Waals surface area contributed by atoms with Gasteiger partial charge in [-0.05, 0) is 25.5 Å². The number of nitrogens with one attached hydrogen (secondary N) is 1. The molecule has 0 aliphatic heterocycles. The highest BCUT2D eigenvalue weighted by molar-refractivity contribution is 5.75. The van der Waals surface area contributed by atoms with E-state index >= 15 is 0 Å². The highest BCUT2D eigenvalue weighted by atomic mass is 16.1. The van der Waals surface area contributed by atoms with Gasteiger partial charge < -0.3 is 11.1 Å². The zero-order valence-electron chi connectivity index (χ0n) is 9.07. The number of hydrogen-bond acceptors (Lipinski definition) is 3. The molecule has 15 heavy (non-hydrogen) atoms.